The number of methoxy groups -OCH3 is 2. The molecule has 2 rings (SSSR count). The van der Waals surface area contributed by atoms with Crippen molar-refractivity contribution in [2.45, 2.75) is 0 Å². The number of carbonyl (C=O) groups excluding carboxylic acids is 1. The molecule has 0 saturated carbocycles. The van der Waals surface area contributed by atoms with Gasteiger partial charge in [-0.1, -0.05) is 6.07 Å². The second kappa shape index (κ2) is 7.66. The van der Waals surface area contributed by atoms with E-state index >= 15 is 0 Å². The van der Waals surface area contributed by atoms with Crippen LogP contribution in [-0.4, -0.2) is 20.1 Å². The normalized spacial score (nSPS) is 10.1. The predicted octanol–water partition coefficient (Wildman–Crippen LogP) is 3.23. The van der Waals surface area contributed by atoms with Gasteiger partial charge in [-0.2, -0.15) is 5.26 Å². The van der Waals surface area contributed by atoms with E-state index in [1.54, 1.807) is 62.8 Å². The largest absolute Gasteiger partial charge is 0.497 e. The first-order valence-electron chi connectivity index (χ1n) is 6.87. The molecule has 0 bridgehead atoms. The van der Waals surface area contributed by atoms with Crippen LogP contribution >= 0.6 is 0 Å². The van der Waals surface area contributed by atoms with Crippen molar-refractivity contribution in [3.05, 3.63) is 59.7 Å². The van der Waals surface area contributed by atoms with Crippen molar-refractivity contribution in [2.75, 3.05) is 19.5 Å². The summed E-state index contributed by atoms with van der Waals surface area (Å²) in [6, 6.07) is 14.1. The summed E-state index contributed by atoms with van der Waals surface area (Å²) in [7, 11) is 3.14. The topological polar surface area (TPSA) is 71.3 Å². The number of rotatable bonds is 5. The van der Waals surface area contributed by atoms with E-state index < -0.39 is 0 Å². The summed E-state index contributed by atoms with van der Waals surface area (Å²) < 4.78 is 10.4. The second-order valence-corrected chi connectivity index (χ2v) is 4.62. The molecule has 0 aromatic heterocycles. The Bertz CT molecular complexity index is 776. The van der Waals surface area contributed by atoms with Crippen molar-refractivity contribution < 1.29 is 14.3 Å². The first-order valence-corrected chi connectivity index (χ1v) is 6.87. The van der Waals surface area contributed by atoms with Gasteiger partial charge >= 0.3 is 0 Å². The highest BCUT2D eigenvalue weighted by molar-refractivity contribution is 6.02. The van der Waals surface area contributed by atoms with E-state index in [1.807, 2.05) is 6.07 Å². The fraction of sp³-hybridized carbons (Fsp3) is 0.111. The van der Waals surface area contributed by atoms with Gasteiger partial charge in [0.25, 0.3) is 0 Å². The maximum absolute atomic E-state index is 12.0. The van der Waals surface area contributed by atoms with Crippen LogP contribution in [0.5, 0.6) is 11.5 Å². The molecule has 0 fully saturated rings. The Morgan fingerprint density at radius 2 is 2.00 bits per heavy atom. The fourth-order valence-electron chi connectivity index (χ4n) is 1.99. The molecule has 0 radical (unpaired) electrons. The Morgan fingerprint density at radius 1 is 1.17 bits per heavy atom. The number of benzene rings is 2. The molecule has 116 valence electrons. The Morgan fingerprint density at radius 3 is 2.70 bits per heavy atom. The van der Waals surface area contributed by atoms with Gasteiger partial charge in [0.1, 0.15) is 11.5 Å². The molecule has 2 aromatic carbocycles. The highest BCUT2D eigenvalue weighted by Crippen LogP contribution is 2.25. The standard InChI is InChI=1S/C18H16N2O3/c1-22-16-7-8-17(23-2)14(11-16)6-9-18(21)20-15-5-3-4-13(10-15)12-19/h3-11H,1-2H3,(H,20,21)/b9-6+. The lowest BCUT2D eigenvalue weighted by molar-refractivity contribution is -0.111. The van der Waals surface area contributed by atoms with Crippen molar-refractivity contribution in [1.29, 1.82) is 5.26 Å². The SMILES string of the molecule is COc1ccc(OC)c(/C=C/C(=O)Nc2cccc(C#N)c2)c1. The molecule has 0 aliphatic carbocycles. The lowest BCUT2D eigenvalue weighted by Gasteiger charge is -2.07. The fourth-order valence-corrected chi connectivity index (χ4v) is 1.99. The zero-order valence-electron chi connectivity index (χ0n) is 12.9. The minimum absolute atomic E-state index is 0.301. The second-order valence-electron chi connectivity index (χ2n) is 4.62. The highest BCUT2D eigenvalue weighted by Gasteiger charge is 2.04. The zero-order valence-corrected chi connectivity index (χ0v) is 12.9. The van der Waals surface area contributed by atoms with Gasteiger partial charge in [0.05, 0.1) is 25.9 Å². The van der Waals surface area contributed by atoms with E-state index in [0.717, 1.165) is 5.56 Å². The van der Waals surface area contributed by atoms with Crippen molar-refractivity contribution in [1.82, 2.24) is 0 Å². The summed E-state index contributed by atoms with van der Waals surface area (Å²) in [5.74, 6) is 1.01. The van der Waals surface area contributed by atoms with Crippen molar-refractivity contribution in [3.8, 4) is 17.6 Å². The molecule has 5 heteroatoms. The van der Waals surface area contributed by atoms with Crippen LogP contribution in [0.15, 0.2) is 48.5 Å². The van der Waals surface area contributed by atoms with Gasteiger partial charge in [-0.05, 0) is 42.5 Å². The van der Waals surface area contributed by atoms with Crippen molar-refractivity contribution >= 4 is 17.7 Å². The lowest BCUT2D eigenvalue weighted by atomic mass is 10.1. The van der Waals surface area contributed by atoms with E-state index in [-0.39, 0.29) is 5.91 Å². The molecule has 5 nitrogen and oxygen atoms in total. The lowest BCUT2D eigenvalue weighted by Crippen LogP contribution is -2.07. The van der Waals surface area contributed by atoms with Crippen LogP contribution in [0.3, 0.4) is 0 Å². The van der Waals surface area contributed by atoms with E-state index in [9.17, 15) is 4.79 Å². The predicted molar refractivity (Wildman–Crippen MR) is 88.4 cm³/mol. The van der Waals surface area contributed by atoms with E-state index in [0.29, 0.717) is 22.7 Å². The molecular formula is C18H16N2O3. The molecule has 2 aromatic rings. The molecule has 0 spiro atoms. The number of hydrogen-bond acceptors (Lipinski definition) is 4. The number of anilines is 1. The molecule has 0 atom stereocenters. The third kappa shape index (κ3) is 4.35. The van der Waals surface area contributed by atoms with Crippen molar-refractivity contribution in [2.24, 2.45) is 0 Å². The molecular weight excluding hydrogens is 292 g/mol. The van der Waals surface area contributed by atoms with Crippen LogP contribution in [0.2, 0.25) is 0 Å². The first-order chi connectivity index (χ1) is 11.2. The molecule has 0 aliphatic heterocycles. The zero-order chi connectivity index (χ0) is 16.7. The van der Waals surface area contributed by atoms with Gasteiger partial charge in [0.15, 0.2) is 0 Å². The Labute approximate surface area is 134 Å². The summed E-state index contributed by atoms with van der Waals surface area (Å²) in [5.41, 5.74) is 1.78. The molecule has 0 aliphatic rings. The highest BCUT2D eigenvalue weighted by atomic mass is 16.5. The number of carbonyl (C=O) groups is 1. The molecule has 0 saturated heterocycles. The van der Waals surface area contributed by atoms with Crippen LogP contribution in [0.1, 0.15) is 11.1 Å². The van der Waals surface area contributed by atoms with Gasteiger partial charge in [-0.25, -0.2) is 0 Å². The van der Waals surface area contributed by atoms with Crippen molar-refractivity contribution in [3.63, 3.8) is 0 Å². The summed E-state index contributed by atoms with van der Waals surface area (Å²) in [5, 5.41) is 11.6. The van der Waals surface area contributed by atoms with Gasteiger partial charge in [-0.3, -0.25) is 4.79 Å². The van der Waals surface area contributed by atoms with Crippen LogP contribution in [0.4, 0.5) is 5.69 Å². The average molecular weight is 308 g/mol. The molecule has 23 heavy (non-hydrogen) atoms. The Balaban J connectivity index is 2.13. The van der Waals surface area contributed by atoms with E-state index in [2.05, 4.69) is 5.32 Å². The third-order valence-electron chi connectivity index (χ3n) is 3.11. The number of nitrogens with zero attached hydrogens (tertiary/aromatic N) is 1. The average Bonchev–Trinajstić information content (AvgIpc) is 2.59. The quantitative estimate of drug-likeness (QED) is 0.861. The van der Waals surface area contributed by atoms with Crippen LogP contribution < -0.4 is 14.8 Å². The number of hydrogen-bond donors (Lipinski definition) is 1. The minimum atomic E-state index is -0.301. The molecule has 0 heterocycles. The maximum Gasteiger partial charge on any atom is 0.248 e. The summed E-state index contributed by atoms with van der Waals surface area (Å²) >= 11 is 0. The van der Waals surface area contributed by atoms with Crippen LogP contribution in [0, 0.1) is 11.3 Å². The Kier molecular flexibility index (Phi) is 5.37. The summed E-state index contributed by atoms with van der Waals surface area (Å²) in [6.07, 6.45) is 3.04. The van der Waals surface area contributed by atoms with Gasteiger partial charge < -0.3 is 14.8 Å². The smallest absolute Gasteiger partial charge is 0.248 e. The number of ether oxygens (including phenoxy) is 2. The third-order valence-corrected chi connectivity index (χ3v) is 3.11. The van der Waals surface area contributed by atoms with Gasteiger partial charge in [-0.15, -0.1) is 0 Å². The van der Waals surface area contributed by atoms with Gasteiger partial charge in [0, 0.05) is 17.3 Å². The molecule has 0 unspecified atom stereocenters. The summed E-state index contributed by atoms with van der Waals surface area (Å²) in [6.45, 7) is 0. The number of nitriles is 1. The number of amides is 1. The maximum atomic E-state index is 12.0. The molecule has 1 N–H and O–H groups in total. The first kappa shape index (κ1) is 16.1. The Hall–Kier alpha value is -3.26. The van der Waals surface area contributed by atoms with Gasteiger partial charge in [0.2, 0.25) is 5.91 Å². The monoisotopic (exact) mass is 308 g/mol. The molecule has 1 amide bonds. The number of nitrogens with one attached hydrogen (secondary N) is 1. The van der Waals surface area contributed by atoms with E-state index in [4.69, 9.17) is 14.7 Å². The summed E-state index contributed by atoms with van der Waals surface area (Å²) in [4.78, 5) is 12.0. The van der Waals surface area contributed by atoms with Crippen LogP contribution in [-0.2, 0) is 4.79 Å². The minimum Gasteiger partial charge on any atom is -0.497 e. The van der Waals surface area contributed by atoms with Crippen LogP contribution in [0.25, 0.3) is 6.08 Å². The van der Waals surface area contributed by atoms with E-state index in [1.165, 1.54) is 6.08 Å².